The van der Waals surface area contributed by atoms with E-state index < -0.39 is 6.04 Å². The summed E-state index contributed by atoms with van der Waals surface area (Å²) in [6, 6.07) is 15.2. The minimum atomic E-state index is -0.475. The Morgan fingerprint density at radius 2 is 1.97 bits per heavy atom. The van der Waals surface area contributed by atoms with Gasteiger partial charge in [-0.25, -0.2) is 0 Å². The fourth-order valence-electron chi connectivity index (χ4n) is 4.37. The van der Waals surface area contributed by atoms with Crippen molar-refractivity contribution in [3.63, 3.8) is 0 Å². The Morgan fingerprint density at radius 3 is 2.77 bits per heavy atom. The fraction of sp³-hybridized carbons (Fsp3) is 0.217. The molecule has 0 saturated carbocycles. The van der Waals surface area contributed by atoms with E-state index in [9.17, 15) is 9.90 Å². The van der Waals surface area contributed by atoms with Crippen molar-refractivity contribution in [2.24, 2.45) is 0 Å². The molecule has 0 radical (unpaired) electrons. The molecule has 5 rings (SSSR count). The van der Waals surface area contributed by atoms with Crippen LogP contribution in [0, 0.1) is 4.77 Å². The molecule has 0 fully saturated rings. The van der Waals surface area contributed by atoms with Gasteiger partial charge in [0.1, 0.15) is 5.56 Å². The van der Waals surface area contributed by atoms with E-state index in [0.29, 0.717) is 24.5 Å². The molecular weight excluding hydrogens is 432 g/mol. The fourth-order valence-corrected chi connectivity index (χ4v) is 4.82. The number of aryl methyl sites for hydroxylation is 1. The molecule has 4 N–H and O–H groups in total. The average Bonchev–Trinajstić information content (AvgIpc) is 3.13. The number of nitrogens with zero attached hydrogens (tertiary/aromatic N) is 1. The van der Waals surface area contributed by atoms with Gasteiger partial charge in [0.25, 0.3) is 5.56 Å². The molecule has 0 spiro atoms. The highest BCUT2D eigenvalue weighted by atomic mass is 35.5. The van der Waals surface area contributed by atoms with Crippen LogP contribution in [-0.4, -0.2) is 26.2 Å². The Labute approximate surface area is 188 Å². The maximum atomic E-state index is 12.9. The van der Waals surface area contributed by atoms with Crippen molar-refractivity contribution in [2.75, 3.05) is 6.54 Å². The van der Waals surface area contributed by atoms with E-state index in [1.54, 1.807) is 4.57 Å². The number of aromatic nitrogens is 3. The highest BCUT2D eigenvalue weighted by molar-refractivity contribution is 7.71. The van der Waals surface area contributed by atoms with Gasteiger partial charge in [-0.15, -0.1) is 0 Å². The third kappa shape index (κ3) is 3.59. The number of aromatic hydroxyl groups is 1. The lowest BCUT2D eigenvalue weighted by Crippen LogP contribution is -2.35. The minimum absolute atomic E-state index is 0.105. The van der Waals surface area contributed by atoms with Crippen LogP contribution >= 0.6 is 23.8 Å². The Hall–Kier alpha value is -2.87. The third-order valence-electron chi connectivity index (χ3n) is 5.88. The maximum absolute atomic E-state index is 12.9. The maximum Gasteiger partial charge on any atom is 0.260 e. The van der Waals surface area contributed by atoms with Gasteiger partial charge in [-0.2, -0.15) is 0 Å². The van der Waals surface area contributed by atoms with Crippen LogP contribution in [0.15, 0.2) is 53.3 Å². The summed E-state index contributed by atoms with van der Waals surface area (Å²) in [4.78, 5) is 19.1. The number of rotatable bonds is 4. The number of hydrogen-bond donors (Lipinski definition) is 4. The molecule has 3 heterocycles. The quantitative estimate of drug-likeness (QED) is 0.349. The predicted octanol–water partition coefficient (Wildman–Crippen LogP) is 4.22. The molecule has 0 bridgehead atoms. The first-order valence-electron chi connectivity index (χ1n) is 10.2. The third-order valence-corrected chi connectivity index (χ3v) is 6.43. The summed E-state index contributed by atoms with van der Waals surface area (Å²) in [5.41, 5.74) is 3.94. The molecular formula is C23H21ClN4O2S. The van der Waals surface area contributed by atoms with Gasteiger partial charge in [-0.1, -0.05) is 41.9 Å². The molecule has 1 aliphatic rings. The van der Waals surface area contributed by atoms with Crippen molar-refractivity contribution < 1.29 is 5.11 Å². The van der Waals surface area contributed by atoms with Crippen LogP contribution in [-0.2, 0) is 19.4 Å². The van der Waals surface area contributed by atoms with E-state index in [4.69, 9.17) is 23.8 Å². The molecule has 6 nitrogen and oxygen atoms in total. The number of aromatic amines is 2. The average molecular weight is 453 g/mol. The topological polar surface area (TPSA) is 85.8 Å². The molecule has 0 aliphatic carbocycles. The lowest BCUT2D eigenvalue weighted by atomic mass is 9.95. The SMILES string of the molecule is O=c1[nH]c(=S)n(CCc2ccccc2)c(O)c1C1NCCc2c1[nH]c1ccc(Cl)cc21. The lowest BCUT2D eigenvalue weighted by molar-refractivity contribution is 0.386. The lowest BCUT2D eigenvalue weighted by Gasteiger charge is -2.25. The van der Waals surface area contributed by atoms with Gasteiger partial charge in [0.05, 0.1) is 6.04 Å². The van der Waals surface area contributed by atoms with E-state index in [-0.39, 0.29) is 21.8 Å². The van der Waals surface area contributed by atoms with Gasteiger partial charge in [-0.3, -0.25) is 14.3 Å². The van der Waals surface area contributed by atoms with Crippen molar-refractivity contribution in [3.8, 4) is 5.88 Å². The van der Waals surface area contributed by atoms with Gasteiger partial charge in [0.2, 0.25) is 5.88 Å². The summed E-state index contributed by atoms with van der Waals surface area (Å²) in [6.07, 6.45) is 1.49. The van der Waals surface area contributed by atoms with Crippen LogP contribution in [0.1, 0.15) is 28.4 Å². The number of hydrogen-bond acceptors (Lipinski definition) is 4. The van der Waals surface area contributed by atoms with Crippen molar-refractivity contribution >= 4 is 34.7 Å². The minimum Gasteiger partial charge on any atom is -0.494 e. The van der Waals surface area contributed by atoms with Gasteiger partial charge in [0.15, 0.2) is 4.77 Å². The van der Waals surface area contributed by atoms with Crippen LogP contribution < -0.4 is 10.9 Å². The number of benzene rings is 2. The largest absolute Gasteiger partial charge is 0.494 e. The van der Waals surface area contributed by atoms with Crippen molar-refractivity contribution in [3.05, 3.63) is 91.1 Å². The summed E-state index contributed by atoms with van der Waals surface area (Å²) in [5.74, 6) is -0.105. The summed E-state index contributed by atoms with van der Waals surface area (Å²) in [6.45, 7) is 1.13. The normalized spacial score (nSPS) is 15.8. The standard InChI is InChI=1S/C23H21ClN4O2S/c24-14-6-7-17-16(12-14)15-8-10-25-20(19(15)26-17)18-21(29)27-23(31)28(22(18)30)11-9-13-4-2-1-3-5-13/h1-7,12,20,25-26,30H,8-11H2,(H,27,29,31). The molecule has 0 amide bonds. The van der Waals surface area contributed by atoms with E-state index in [1.165, 1.54) is 0 Å². The smallest absolute Gasteiger partial charge is 0.260 e. The van der Waals surface area contributed by atoms with Gasteiger partial charge in [-0.05, 0) is 54.4 Å². The van der Waals surface area contributed by atoms with E-state index in [0.717, 1.165) is 34.1 Å². The molecule has 1 unspecified atom stereocenters. The first kappa shape index (κ1) is 20.1. The summed E-state index contributed by atoms with van der Waals surface area (Å²) < 4.78 is 1.80. The molecule has 1 atom stereocenters. The molecule has 2 aromatic heterocycles. The zero-order chi connectivity index (χ0) is 21.5. The van der Waals surface area contributed by atoms with Crippen LogP contribution in [0.5, 0.6) is 5.88 Å². The molecule has 1 aliphatic heterocycles. The van der Waals surface area contributed by atoms with Gasteiger partial charge in [0, 0.05) is 34.7 Å². The number of halogens is 1. The highest BCUT2D eigenvalue weighted by Crippen LogP contribution is 2.36. The molecule has 8 heteroatoms. The van der Waals surface area contributed by atoms with Crippen LogP contribution in [0.25, 0.3) is 10.9 Å². The second kappa shape index (κ2) is 8.00. The second-order valence-electron chi connectivity index (χ2n) is 7.73. The van der Waals surface area contributed by atoms with Gasteiger partial charge < -0.3 is 15.4 Å². The molecule has 0 saturated heterocycles. The van der Waals surface area contributed by atoms with Crippen LogP contribution in [0.2, 0.25) is 5.02 Å². The number of nitrogens with one attached hydrogen (secondary N) is 3. The Morgan fingerprint density at radius 1 is 1.16 bits per heavy atom. The molecule has 2 aromatic carbocycles. The van der Waals surface area contributed by atoms with E-state index >= 15 is 0 Å². The zero-order valence-corrected chi connectivity index (χ0v) is 18.2. The monoisotopic (exact) mass is 452 g/mol. The van der Waals surface area contributed by atoms with Crippen molar-refractivity contribution in [2.45, 2.75) is 25.4 Å². The highest BCUT2D eigenvalue weighted by Gasteiger charge is 2.30. The van der Waals surface area contributed by atoms with Crippen LogP contribution in [0.3, 0.4) is 0 Å². The summed E-state index contributed by atoms with van der Waals surface area (Å²) in [7, 11) is 0. The zero-order valence-electron chi connectivity index (χ0n) is 16.6. The summed E-state index contributed by atoms with van der Waals surface area (Å²) >= 11 is 11.6. The van der Waals surface area contributed by atoms with Crippen molar-refractivity contribution in [1.82, 2.24) is 19.9 Å². The molecule has 31 heavy (non-hydrogen) atoms. The Bertz CT molecular complexity index is 1390. The molecule has 4 aromatic rings. The number of H-pyrrole nitrogens is 2. The van der Waals surface area contributed by atoms with Crippen LogP contribution in [0.4, 0.5) is 0 Å². The van der Waals surface area contributed by atoms with Crippen molar-refractivity contribution in [1.29, 1.82) is 0 Å². The first-order valence-corrected chi connectivity index (χ1v) is 10.9. The predicted molar refractivity (Wildman–Crippen MR) is 125 cm³/mol. The second-order valence-corrected chi connectivity index (χ2v) is 8.55. The first-order chi connectivity index (χ1) is 15.0. The molecule has 158 valence electrons. The van der Waals surface area contributed by atoms with E-state index in [1.807, 2.05) is 48.5 Å². The Kier molecular flexibility index (Phi) is 5.17. The summed E-state index contributed by atoms with van der Waals surface area (Å²) in [5, 5.41) is 16.2. The number of fused-ring (bicyclic) bond motifs is 3. The van der Waals surface area contributed by atoms with Gasteiger partial charge >= 0.3 is 0 Å². The Balaban J connectivity index is 1.59. The van der Waals surface area contributed by atoms with E-state index in [2.05, 4.69) is 15.3 Å².